The fraction of sp³-hybridized carbons (Fsp3) is 0.857. The Kier molecular flexibility index (Phi) is 4.42. The molecule has 21 heavy (non-hydrogen) atoms. The number of carbonyl (C=O) groups excluding carboxylic acids is 2. The number of rotatable bonds is 3. The number of nitrogens with two attached hydrogens (primary N) is 1. The smallest absolute Gasteiger partial charge is 0.263 e. The van der Waals surface area contributed by atoms with Crippen molar-refractivity contribution in [3.8, 4) is 0 Å². The van der Waals surface area contributed by atoms with Gasteiger partial charge in [-0.25, -0.2) is 5.84 Å². The third-order valence-corrected chi connectivity index (χ3v) is 4.91. The Hall–Kier alpha value is -1.18. The third kappa shape index (κ3) is 3.36. The van der Waals surface area contributed by atoms with Crippen LogP contribution < -0.4 is 16.6 Å². The van der Waals surface area contributed by atoms with E-state index >= 15 is 0 Å². The van der Waals surface area contributed by atoms with Crippen molar-refractivity contribution in [3.63, 3.8) is 0 Å². The van der Waals surface area contributed by atoms with Crippen LogP contribution in [-0.4, -0.2) is 54.6 Å². The van der Waals surface area contributed by atoms with Crippen LogP contribution in [0.3, 0.4) is 0 Å². The van der Waals surface area contributed by atoms with Gasteiger partial charge in [-0.2, -0.15) is 0 Å². The summed E-state index contributed by atoms with van der Waals surface area (Å²) in [6, 6.07) is 0.350. The third-order valence-electron chi connectivity index (χ3n) is 4.91. The van der Waals surface area contributed by atoms with Gasteiger partial charge in [0.15, 0.2) is 0 Å². The van der Waals surface area contributed by atoms with Crippen molar-refractivity contribution in [2.45, 2.75) is 50.4 Å². The molecule has 7 nitrogen and oxygen atoms in total. The van der Waals surface area contributed by atoms with E-state index in [1.807, 2.05) is 0 Å². The predicted octanol–water partition coefficient (Wildman–Crippen LogP) is -0.876. The van der Waals surface area contributed by atoms with Crippen molar-refractivity contribution in [2.24, 2.45) is 11.8 Å². The second-order valence-electron chi connectivity index (χ2n) is 6.35. The fourth-order valence-corrected chi connectivity index (χ4v) is 3.77. The van der Waals surface area contributed by atoms with Crippen LogP contribution in [-0.2, 0) is 14.3 Å². The molecule has 0 bridgehead atoms. The number of fused-ring (bicyclic) bond motifs is 1. The number of amides is 2. The molecular formula is C14H24N4O3. The van der Waals surface area contributed by atoms with Gasteiger partial charge in [0.05, 0.1) is 6.10 Å². The van der Waals surface area contributed by atoms with Crippen molar-refractivity contribution in [1.82, 2.24) is 15.6 Å². The molecule has 0 radical (unpaired) electrons. The van der Waals surface area contributed by atoms with Crippen molar-refractivity contribution in [2.75, 3.05) is 19.6 Å². The lowest BCUT2D eigenvalue weighted by Crippen LogP contribution is -2.54. The van der Waals surface area contributed by atoms with Gasteiger partial charge in [-0.1, -0.05) is 0 Å². The minimum Gasteiger partial charge on any atom is -0.364 e. The zero-order valence-electron chi connectivity index (χ0n) is 12.2. The van der Waals surface area contributed by atoms with E-state index in [0.29, 0.717) is 18.4 Å². The molecule has 3 rings (SSSR count). The minimum atomic E-state index is -0.397. The van der Waals surface area contributed by atoms with E-state index in [4.69, 9.17) is 10.6 Å². The summed E-state index contributed by atoms with van der Waals surface area (Å²) < 4.78 is 5.77. The SMILES string of the molecule is NNC(=O)C1CCC(CN2CCC3NC(=O)CCC3C2)O1. The van der Waals surface area contributed by atoms with Crippen LogP contribution in [0.5, 0.6) is 0 Å². The normalized spacial score (nSPS) is 36.9. The molecule has 3 saturated heterocycles. The monoisotopic (exact) mass is 296 g/mol. The number of hydrogen-bond donors (Lipinski definition) is 3. The molecule has 0 saturated carbocycles. The highest BCUT2D eigenvalue weighted by atomic mass is 16.5. The van der Waals surface area contributed by atoms with Gasteiger partial charge >= 0.3 is 0 Å². The summed E-state index contributed by atoms with van der Waals surface area (Å²) >= 11 is 0. The maximum absolute atomic E-state index is 11.5. The molecule has 118 valence electrons. The maximum atomic E-state index is 11.5. The molecule has 3 fully saturated rings. The molecule has 7 heteroatoms. The lowest BCUT2D eigenvalue weighted by Gasteiger charge is -2.42. The standard InChI is InChI=1S/C14H24N4O3/c15-17-14(20)12-3-2-10(21-12)8-18-6-5-11-9(7-18)1-4-13(19)16-11/h9-12H,1-8,15H2,(H,16,19)(H,17,20). The molecule has 3 aliphatic rings. The van der Waals surface area contributed by atoms with Crippen molar-refractivity contribution in [1.29, 1.82) is 0 Å². The molecule has 3 aliphatic heterocycles. The first-order chi connectivity index (χ1) is 10.2. The van der Waals surface area contributed by atoms with E-state index in [2.05, 4.69) is 15.6 Å². The highest BCUT2D eigenvalue weighted by Gasteiger charge is 2.36. The zero-order chi connectivity index (χ0) is 14.8. The van der Waals surface area contributed by atoms with E-state index in [1.165, 1.54) is 0 Å². The second-order valence-corrected chi connectivity index (χ2v) is 6.35. The Labute approximate surface area is 124 Å². The summed E-state index contributed by atoms with van der Waals surface area (Å²) in [6.45, 7) is 2.86. The van der Waals surface area contributed by atoms with Crippen LogP contribution in [0.25, 0.3) is 0 Å². The lowest BCUT2D eigenvalue weighted by molar-refractivity contribution is -0.132. The highest BCUT2D eigenvalue weighted by Crippen LogP contribution is 2.27. The van der Waals surface area contributed by atoms with Crippen LogP contribution in [0.2, 0.25) is 0 Å². The Morgan fingerprint density at radius 1 is 1.38 bits per heavy atom. The zero-order valence-corrected chi connectivity index (χ0v) is 12.2. The number of nitrogens with one attached hydrogen (secondary N) is 2. The van der Waals surface area contributed by atoms with E-state index in [9.17, 15) is 9.59 Å². The van der Waals surface area contributed by atoms with Gasteiger partial charge in [-0.05, 0) is 31.6 Å². The largest absolute Gasteiger partial charge is 0.364 e. The van der Waals surface area contributed by atoms with Gasteiger partial charge in [0.25, 0.3) is 5.91 Å². The first-order valence-corrected chi connectivity index (χ1v) is 7.83. The van der Waals surface area contributed by atoms with E-state index < -0.39 is 6.10 Å². The minimum absolute atomic E-state index is 0.113. The molecule has 4 atom stereocenters. The van der Waals surface area contributed by atoms with Crippen LogP contribution >= 0.6 is 0 Å². The van der Waals surface area contributed by atoms with E-state index in [0.717, 1.165) is 45.3 Å². The first kappa shape index (κ1) is 14.7. The highest BCUT2D eigenvalue weighted by molar-refractivity contribution is 5.80. The predicted molar refractivity (Wildman–Crippen MR) is 75.9 cm³/mol. The van der Waals surface area contributed by atoms with Gasteiger partial charge in [0.1, 0.15) is 6.10 Å². The maximum Gasteiger partial charge on any atom is 0.263 e. The number of likely N-dealkylation sites (tertiary alicyclic amines) is 1. The van der Waals surface area contributed by atoms with Gasteiger partial charge < -0.3 is 15.0 Å². The number of ether oxygens (including phenoxy) is 1. The summed E-state index contributed by atoms with van der Waals surface area (Å²) in [7, 11) is 0. The molecule has 0 aromatic rings. The molecule has 2 amide bonds. The quantitative estimate of drug-likeness (QED) is 0.357. The van der Waals surface area contributed by atoms with Crippen LogP contribution in [0, 0.1) is 5.92 Å². The Morgan fingerprint density at radius 2 is 2.24 bits per heavy atom. The number of hydrogen-bond acceptors (Lipinski definition) is 5. The average molecular weight is 296 g/mol. The fourth-order valence-electron chi connectivity index (χ4n) is 3.77. The van der Waals surface area contributed by atoms with Crippen molar-refractivity contribution in [3.05, 3.63) is 0 Å². The second kappa shape index (κ2) is 6.29. The number of piperidine rings is 2. The number of hydrazine groups is 1. The van der Waals surface area contributed by atoms with Crippen molar-refractivity contribution >= 4 is 11.8 Å². The Morgan fingerprint density at radius 3 is 3.05 bits per heavy atom. The van der Waals surface area contributed by atoms with E-state index in [-0.39, 0.29) is 17.9 Å². The lowest BCUT2D eigenvalue weighted by atomic mass is 9.85. The summed E-state index contributed by atoms with van der Waals surface area (Å²) in [5, 5.41) is 3.10. The molecular weight excluding hydrogens is 272 g/mol. The van der Waals surface area contributed by atoms with Crippen molar-refractivity contribution < 1.29 is 14.3 Å². The number of nitrogens with zero attached hydrogens (tertiary/aromatic N) is 1. The van der Waals surface area contributed by atoms with Crippen LogP contribution in [0.15, 0.2) is 0 Å². The van der Waals surface area contributed by atoms with Gasteiger partial charge in [-0.3, -0.25) is 15.0 Å². The topological polar surface area (TPSA) is 96.7 Å². The summed E-state index contributed by atoms with van der Waals surface area (Å²) in [6.07, 6.45) is 4.00. The summed E-state index contributed by atoms with van der Waals surface area (Å²) in [5.74, 6) is 5.66. The van der Waals surface area contributed by atoms with E-state index in [1.54, 1.807) is 0 Å². The van der Waals surface area contributed by atoms with Crippen LogP contribution in [0.1, 0.15) is 32.1 Å². The average Bonchev–Trinajstić information content (AvgIpc) is 2.95. The molecule has 0 aromatic carbocycles. The molecule has 4 unspecified atom stereocenters. The van der Waals surface area contributed by atoms with Crippen LogP contribution in [0.4, 0.5) is 0 Å². The summed E-state index contributed by atoms with van der Waals surface area (Å²) in [5.41, 5.74) is 2.15. The van der Waals surface area contributed by atoms with Gasteiger partial charge in [0.2, 0.25) is 5.91 Å². The number of carbonyl (C=O) groups is 2. The van der Waals surface area contributed by atoms with Gasteiger partial charge in [-0.15, -0.1) is 0 Å². The molecule has 3 heterocycles. The molecule has 0 aliphatic carbocycles. The Bertz CT molecular complexity index is 417. The first-order valence-electron chi connectivity index (χ1n) is 7.83. The molecule has 0 spiro atoms. The van der Waals surface area contributed by atoms with Gasteiger partial charge in [0, 0.05) is 32.1 Å². The summed E-state index contributed by atoms with van der Waals surface area (Å²) in [4.78, 5) is 25.3. The molecule has 4 N–H and O–H groups in total. The molecule has 0 aromatic heterocycles. The Balaban J connectivity index is 1.47.